The average molecular weight is 311 g/mol. The van der Waals surface area contributed by atoms with Gasteiger partial charge in [-0.3, -0.25) is 4.79 Å². The van der Waals surface area contributed by atoms with Crippen molar-refractivity contribution < 1.29 is 17.9 Å². The number of carbonyl (C=O) groups excluding carboxylic acids is 1. The van der Waals surface area contributed by atoms with E-state index in [9.17, 15) is 13.2 Å². The number of esters is 1. The van der Waals surface area contributed by atoms with Crippen molar-refractivity contribution in [2.75, 3.05) is 20.2 Å². The molecule has 1 heterocycles. The first-order valence-electron chi connectivity index (χ1n) is 7.01. The number of methoxy groups -OCH3 is 1. The van der Waals surface area contributed by atoms with E-state index in [2.05, 4.69) is 0 Å². The molecular formula is C15H21NO4S. The van der Waals surface area contributed by atoms with Crippen molar-refractivity contribution in [3.63, 3.8) is 0 Å². The van der Waals surface area contributed by atoms with Crippen LogP contribution in [0.4, 0.5) is 0 Å². The number of aryl methyl sites for hydroxylation is 2. The van der Waals surface area contributed by atoms with Crippen molar-refractivity contribution in [3.8, 4) is 0 Å². The number of ether oxygens (including phenoxy) is 1. The summed E-state index contributed by atoms with van der Waals surface area (Å²) in [6.07, 6.45) is 1.02. The summed E-state index contributed by atoms with van der Waals surface area (Å²) in [5.41, 5.74) is 1.67. The number of sulfonamides is 1. The zero-order valence-electron chi connectivity index (χ0n) is 12.6. The van der Waals surface area contributed by atoms with Gasteiger partial charge in [0.05, 0.1) is 17.9 Å². The quantitative estimate of drug-likeness (QED) is 0.800. The van der Waals surface area contributed by atoms with E-state index in [0.717, 1.165) is 11.1 Å². The minimum atomic E-state index is -3.49. The Balaban J connectivity index is 2.19. The molecule has 0 N–H and O–H groups in total. The Labute approximate surface area is 126 Å². The number of piperidine rings is 1. The van der Waals surface area contributed by atoms with Crippen molar-refractivity contribution in [2.45, 2.75) is 31.6 Å². The number of carbonyl (C=O) groups is 1. The van der Waals surface area contributed by atoms with Crippen LogP contribution in [-0.4, -0.2) is 38.9 Å². The van der Waals surface area contributed by atoms with Gasteiger partial charge in [0.2, 0.25) is 10.0 Å². The van der Waals surface area contributed by atoms with Crippen LogP contribution in [0.15, 0.2) is 23.1 Å². The SMILES string of the molecule is COC(=O)C1CCN(S(=O)(=O)c2cc(C)ccc2C)CC1. The first kappa shape index (κ1) is 16.0. The fourth-order valence-electron chi connectivity index (χ4n) is 2.62. The summed E-state index contributed by atoms with van der Waals surface area (Å²) in [7, 11) is -2.13. The van der Waals surface area contributed by atoms with Gasteiger partial charge in [-0.2, -0.15) is 4.31 Å². The first-order valence-corrected chi connectivity index (χ1v) is 8.45. The summed E-state index contributed by atoms with van der Waals surface area (Å²) in [5.74, 6) is -0.446. The molecule has 2 rings (SSSR count). The number of rotatable bonds is 3. The highest BCUT2D eigenvalue weighted by Crippen LogP contribution is 2.26. The van der Waals surface area contributed by atoms with E-state index in [1.807, 2.05) is 19.1 Å². The Morgan fingerprint density at radius 3 is 2.43 bits per heavy atom. The van der Waals surface area contributed by atoms with Crippen LogP contribution >= 0.6 is 0 Å². The van der Waals surface area contributed by atoms with Gasteiger partial charge < -0.3 is 4.74 Å². The molecule has 0 aromatic heterocycles. The molecule has 0 radical (unpaired) electrons. The van der Waals surface area contributed by atoms with Gasteiger partial charge in [-0.05, 0) is 43.9 Å². The topological polar surface area (TPSA) is 63.7 Å². The Kier molecular flexibility index (Phi) is 4.68. The fourth-order valence-corrected chi connectivity index (χ4v) is 4.40. The third kappa shape index (κ3) is 3.27. The monoisotopic (exact) mass is 311 g/mol. The molecule has 6 heteroatoms. The highest BCUT2D eigenvalue weighted by atomic mass is 32.2. The van der Waals surface area contributed by atoms with Gasteiger partial charge in [0.15, 0.2) is 0 Å². The van der Waals surface area contributed by atoms with Crippen LogP contribution in [-0.2, 0) is 19.6 Å². The van der Waals surface area contributed by atoms with E-state index < -0.39 is 10.0 Å². The second-order valence-corrected chi connectivity index (χ2v) is 7.38. The third-order valence-corrected chi connectivity index (χ3v) is 5.99. The zero-order chi connectivity index (χ0) is 15.6. The lowest BCUT2D eigenvalue weighted by atomic mass is 9.99. The third-order valence-electron chi connectivity index (χ3n) is 3.95. The summed E-state index contributed by atoms with van der Waals surface area (Å²) in [6, 6.07) is 5.43. The highest BCUT2D eigenvalue weighted by molar-refractivity contribution is 7.89. The molecule has 0 amide bonds. The molecule has 0 atom stereocenters. The van der Waals surface area contributed by atoms with Crippen LogP contribution in [0.3, 0.4) is 0 Å². The fraction of sp³-hybridized carbons (Fsp3) is 0.533. The van der Waals surface area contributed by atoms with E-state index >= 15 is 0 Å². The molecule has 1 fully saturated rings. The van der Waals surface area contributed by atoms with Crippen molar-refractivity contribution in [2.24, 2.45) is 5.92 Å². The summed E-state index contributed by atoms with van der Waals surface area (Å²) in [4.78, 5) is 11.9. The van der Waals surface area contributed by atoms with Crippen molar-refractivity contribution in [1.82, 2.24) is 4.31 Å². The summed E-state index contributed by atoms with van der Waals surface area (Å²) < 4.78 is 31.6. The maximum absolute atomic E-state index is 12.7. The average Bonchev–Trinajstić information content (AvgIpc) is 2.49. The second-order valence-electron chi connectivity index (χ2n) is 5.47. The Morgan fingerprint density at radius 1 is 1.24 bits per heavy atom. The molecule has 1 aliphatic heterocycles. The van der Waals surface area contributed by atoms with Crippen LogP contribution in [0, 0.1) is 19.8 Å². The molecule has 0 saturated carbocycles. The minimum absolute atomic E-state index is 0.194. The van der Waals surface area contributed by atoms with Crippen molar-refractivity contribution in [3.05, 3.63) is 29.3 Å². The van der Waals surface area contributed by atoms with E-state index in [1.165, 1.54) is 11.4 Å². The largest absolute Gasteiger partial charge is 0.469 e. The van der Waals surface area contributed by atoms with Gasteiger partial charge in [0.1, 0.15) is 0 Å². The Morgan fingerprint density at radius 2 is 1.86 bits per heavy atom. The molecule has 0 unspecified atom stereocenters. The van der Waals surface area contributed by atoms with Gasteiger partial charge in [0, 0.05) is 13.1 Å². The molecule has 1 aromatic rings. The molecule has 1 saturated heterocycles. The molecule has 1 aliphatic rings. The van der Waals surface area contributed by atoms with Crippen molar-refractivity contribution >= 4 is 16.0 Å². The molecule has 0 spiro atoms. The molecule has 21 heavy (non-hydrogen) atoms. The van der Waals surface area contributed by atoms with Crippen LogP contribution in [0.25, 0.3) is 0 Å². The molecule has 5 nitrogen and oxygen atoms in total. The van der Waals surface area contributed by atoms with Crippen LogP contribution in [0.1, 0.15) is 24.0 Å². The maximum atomic E-state index is 12.7. The number of benzene rings is 1. The lowest BCUT2D eigenvalue weighted by molar-refractivity contribution is -0.146. The van der Waals surface area contributed by atoms with E-state index in [1.54, 1.807) is 13.0 Å². The lowest BCUT2D eigenvalue weighted by Crippen LogP contribution is -2.40. The molecular weight excluding hydrogens is 290 g/mol. The lowest BCUT2D eigenvalue weighted by Gasteiger charge is -2.30. The van der Waals surface area contributed by atoms with E-state index in [4.69, 9.17) is 4.74 Å². The van der Waals surface area contributed by atoms with E-state index in [0.29, 0.717) is 30.8 Å². The first-order chi connectivity index (χ1) is 9.86. The normalized spacial score (nSPS) is 17.7. The summed E-state index contributed by atoms with van der Waals surface area (Å²) in [6.45, 7) is 4.39. The highest BCUT2D eigenvalue weighted by Gasteiger charge is 2.33. The predicted molar refractivity (Wildman–Crippen MR) is 79.4 cm³/mol. The standard InChI is InChI=1S/C15H21NO4S/c1-11-4-5-12(2)14(10-11)21(18,19)16-8-6-13(7-9-16)15(17)20-3/h4-5,10,13H,6-9H2,1-3H3. The molecule has 0 bridgehead atoms. The van der Waals surface area contributed by atoms with Crippen LogP contribution in [0.5, 0.6) is 0 Å². The smallest absolute Gasteiger partial charge is 0.308 e. The molecule has 116 valence electrons. The van der Waals surface area contributed by atoms with Gasteiger partial charge in [-0.1, -0.05) is 12.1 Å². The number of nitrogens with zero attached hydrogens (tertiary/aromatic N) is 1. The second kappa shape index (κ2) is 6.15. The number of hydrogen-bond acceptors (Lipinski definition) is 4. The zero-order valence-corrected chi connectivity index (χ0v) is 13.4. The molecule has 1 aromatic carbocycles. The van der Waals surface area contributed by atoms with Gasteiger partial charge in [-0.15, -0.1) is 0 Å². The maximum Gasteiger partial charge on any atom is 0.308 e. The van der Waals surface area contributed by atoms with Crippen LogP contribution < -0.4 is 0 Å². The van der Waals surface area contributed by atoms with Gasteiger partial charge in [-0.25, -0.2) is 8.42 Å². The summed E-state index contributed by atoms with van der Waals surface area (Å²) in [5, 5.41) is 0. The van der Waals surface area contributed by atoms with E-state index in [-0.39, 0.29) is 11.9 Å². The number of hydrogen-bond donors (Lipinski definition) is 0. The minimum Gasteiger partial charge on any atom is -0.469 e. The van der Waals surface area contributed by atoms with Gasteiger partial charge >= 0.3 is 5.97 Å². The van der Waals surface area contributed by atoms with Gasteiger partial charge in [0.25, 0.3) is 0 Å². The van der Waals surface area contributed by atoms with Crippen molar-refractivity contribution in [1.29, 1.82) is 0 Å². The Hall–Kier alpha value is -1.40. The van der Waals surface area contributed by atoms with Crippen LogP contribution in [0.2, 0.25) is 0 Å². The summed E-state index contributed by atoms with van der Waals surface area (Å²) >= 11 is 0. The molecule has 0 aliphatic carbocycles. The Bertz CT molecular complexity index is 631. The predicted octanol–water partition coefficient (Wildman–Crippen LogP) is 1.88.